The van der Waals surface area contributed by atoms with Gasteiger partial charge in [0.2, 0.25) is 0 Å². The number of nitrogens with zero attached hydrogens (tertiary/aromatic N) is 2. The molecule has 0 aromatic carbocycles. The lowest BCUT2D eigenvalue weighted by molar-refractivity contribution is -0.0338. The van der Waals surface area contributed by atoms with Crippen LogP contribution in [0.4, 0.5) is 5.69 Å². The van der Waals surface area contributed by atoms with Gasteiger partial charge in [-0.05, 0) is 54.4 Å². The first-order valence-corrected chi connectivity index (χ1v) is 7.36. The van der Waals surface area contributed by atoms with Crippen LogP contribution in [0.3, 0.4) is 0 Å². The van der Waals surface area contributed by atoms with E-state index < -0.39 is 0 Å². The minimum atomic E-state index is 0.335. The van der Waals surface area contributed by atoms with Crippen molar-refractivity contribution in [3.05, 3.63) is 11.4 Å². The fraction of sp³-hybridized carbons (Fsp3) is 0.800. The van der Waals surface area contributed by atoms with Crippen LogP contribution in [-0.4, -0.2) is 28.0 Å². The van der Waals surface area contributed by atoms with E-state index in [2.05, 4.69) is 56.6 Å². The third kappa shape index (κ3) is 3.11. The summed E-state index contributed by atoms with van der Waals surface area (Å²) in [4.78, 5) is 0. The number of anilines is 1. The second kappa shape index (κ2) is 5.53. The molecule has 1 aromatic heterocycles. The van der Waals surface area contributed by atoms with Gasteiger partial charge in [-0.2, -0.15) is 5.10 Å². The number of ether oxygens (including phenoxy) is 1. The van der Waals surface area contributed by atoms with Crippen molar-refractivity contribution in [3.8, 4) is 0 Å². The van der Waals surface area contributed by atoms with E-state index >= 15 is 0 Å². The third-order valence-corrected chi connectivity index (χ3v) is 3.86. The maximum atomic E-state index is 5.80. The van der Waals surface area contributed by atoms with Crippen molar-refractivity contribution >= 4 is 5.69 Å². The van der Waals surface area contributed by atoms with Crippen LogP contribution in [0.5, 0.6) is 0 Å². The van der Waals surface area contributed by atoms with E-state index in [-0.39, 0.29) is 0 Å². The molecule has 0 radical (unpaired) electrons. The van der Waals surface area contributed by atoms with Gasteiger partial charge in [-0.25, -0.2) is 0 Å². The van der Waals surface area contributed by atoms with Gasteiger partial charge in [0.1, 0.15) is 0 Å². The molecule has 0 aliphatic carbocycles. The molecule has 1 saturated heterocycles. The Balaban J connectivity index is 2.15. The molecule has 0 amide bonds. The van der Waals surface area contributed by atoms with Gasteiger partial charge in [0.05, 0.1) is 29.3 Å². The van der Waals surface area contributed by atoms with Gasteiger partial charge in [-0.15, -0.1) is 0 Å². The molecular weight excluding hydrogens is 238 g/mol. The van der Waals surface area contributed by atoms with Gasteiger partial charge < -0.3 is 10.1 Å². The summed E-state index contributed by atoms with van der Waals surface area (Å²) < 4.78 is 7.90. The van der Waals surface area contributed by atoms with E-state index in [4.69, 9.17) is 4.74 Å². The summed E-state index contributed by atoms with van der Waals surface area (Å²) in [5.41, 5.74) is 3.54. The van der Waals surface area contributed by atoms with Crippen LogP contribution >= 0.6 is 0 Å². The summed E-state index contributed by atoms with van der Waals surface area (Å²) in [7, 11) is 0. The molecule has 0 bridgehead atoms. The van der Waals surface area contributed by atoms with E-state index in [1.165, 1.54) is 11.4 Å². The largest absolute Gasteiger partial charge is 0.379 e. The van der Waals surface area contributed by atoms with Gasteiger partial charge in [0.15, 0.2) is 0 Å². The van der Waals surface area contributed by atoms with Gasteiger partial charge in [-0.1, -0.05) is 0 Å². The summed E-state index contributed by atoms with van der Waals surface area (Å²) in [6.07, 6.45) is 2.80. The number of rotatable bonds is 3. The van der Waals surface area contributed by atoms with Crippen molar-refractivity contribution in [2.75, 3.05) is 5.32 Å². The Labute approximate surface area is 116 Å². The zero-order valence-electron chi connectivity index (χ0n) is 13.0. The van der Waals surface area contributed by atoms with Crippen LogP contribution in [-0.2, 0) is 4.74 Å². The van der Waals surface area contributed by atoms with Crippen LogP contribution < -0.4 is 5.32 Å². The fourth-order valence-corrected chi connectivity index (χ4v) is 3.10. The number of nitrogens with one attached hydrogen (secondary N) is 1. The first-order valence-electron chi connectivity index (χ1n) is 7.36. The Kier molecular flexibility index (Phi) is 4.19. The number of hydrogen-bond donors (Lipinski definition) is 1. The third-order valence-electron chi connectivity index (χ3n) is 3.86. The molecule has 1 aliphatic heterocycles. The zero-order valence-corrected chi connectivity index (χ0v) is 13.0. The predicted octanol–water partition coefficient (Wildman–Crippen LogP) is 3.45. The Morgan fingerprint density at radius 1 is 1.21 bits per heavy atom. The molecule has 2 heterocycles. The fourth-order valence-electron chi connectivity index (χ4n) is 3.10. The number of aryl methyl sites for hydroxylation is 1. The van der Waals surface area contributed by atoms with Gasteiger partial charge in [0.25, 0.3) is 0 Å². The zero-order chi connectivity index (χ0) is 14.2. The highest BCUT2D eigenvalue weighted by atomic mass is 16.5. The lowest BCUT2D eigenvalue weighted by atomic mass is 9.99. The van der Waals surface area contributed by atoms with E-state index in [0.29, 0.717) is 24.3 Å². The van der Waals surface area contributed by atoms with Gasteiger partial charge in [-0.3, -0.25) is 4.68 Å². The van der Waals surface area contributed by atoms with Crippen molar-refractivity contribution in [1.82, 2.24) is 9.78 Å². The Morgan fingerprint density at radius 2 is 1.79 bits per heavy atom. The van der Waals surface area contributed by atoms with Crippen molar-refractivity contribution in [3.63, 3.8) is 0 Å². The normalized spacial score (nSPS) is 27.8. The van der Waals surface area contributed by atoms with E-state index in [1.54, 1.807) is 0 Å². The molecule has 2 atom stereocenters. The van der Waals surface area contributed by atoms with Crippen molar-refractivity contribution in [1.29, 1.82) is 0 Å². The molecule has 0 spiro atoms. The summed E-state index contributed by atoms with van der Waals surface area (Å²) in [5.74, 6) is 0. The standard InChI is InChI=1S/C15H27N3O/c1-9(2)18-13(6)15(12(5)17-18)16-14-7-10(3)19-11(4)8-14/h9-11,14,16H,7-8H2,1-6H3. The molecule has 1 fully saturated rings. The highest BCUT2D eigenvalue weighted by Crippen LogP contribution is 2.27. The van der Waals surface area contributed by atoms with Crippen molar-refractivity contribution in [2.24, 2.45) is 0 Å². The van der Waals surface area contributed by atoms with Crippen LogP contribution in [0.2, 0.25) is 0 Å². The Morgan fingerprint density at radius 3 is 2.26 bits per heavy atom. The monoisotopic (exact) mass is 265 g/mol. The molecule has 2 unspecified atom stereocenters. The van der Waals surface area contributed by atoms with Gasteiger partial charge in [0, 0.05) is 12.1 Å². The first-order chi connectivity index (χ1) is 8.88. The van der Waals surface area contributed by atoms with E-state index in [9.17, 15) is 0 Å². The quantitative estimate of drug-likeness (QED) is 0.910. The summed E-state index contributed by atoms with van der Waals surface area (Å²) >= 11 is 0. The molecule has 1 aromatic rings. The SMILES string of the molecule is Cc1nn(C(C)C)c(C)c1NC1CC(C)OC(C)C1. The van der Waals surface area contributed by atoms with Gasteiger partial charge >= 0.3 is 0 Å². The minimum Gasteiger partial charge on any atom is -0.379 e. The highest BCUT2D eigenvalue weighted by molar-refractivity contribution is 5.53. The topological polar surface area (TPSA) is 39.1 Å². The van der Waals surface area contributed by atoms with E-state index in [0.717, 1.165) is 18.5 Å². The van der Waals surface area contributed by atoms with Crippen molar-refractivity contribution < 1.29 is 4.74 Å². The minimum absolute atomic E-state index is 0.335. The van der Waals surface area contributed by atoms with E-state index in [1.807, 2.05) is 0 Å². The van der Waals surface area contributed by atoms with Crippen molar-refractivity contribution in [2.45, 2.75) is 78.7 Å². The average molecular weight is 265 g/mol. The number of aromatic nitrogens is 2. The highest BCUT2D eigenvalue weighted by Gasteiger charge is 2.26. The van der Waals surface area contributed by atoms with Crippen LogP contribution in [0.25, 0.3) is 0 Å². The molecular formula is C15H27N3O. The molecule has 1 aliphatic rings. The first kappa shape index (κ1) is 14.4. The predicted molar refractivity (Wildman–Crippen MR) is 78.7 cm³/mol. The second-order valence-corrected chi connectivity index (χ2v) is 6.15. The molecule has 19 heavy (non-hydrogen) atoms. The number of hydrogen-bond acceptors (Lipinski definition) is 3. The van der Waals surface area contributed by atoms with Crippen LogP contribution in [0.1, 0.15) is 58.0 Å². The Hall–Kier alpha value is -1.03. The summed E-state index contributed by atoms with van der Waals surface area (Å²) in [6.45, 7) is 12.9. The molecule has 4 nitrogen and oxygen atoms in total. The lowest BCUT2D eigenvalue weighted by Crippen LogP contribution is -2.37. The molecule has 4 heteroatoms. The second-order valence-electron chi connectivity index (χ2n) is 6.15. The van der Waals surface area contributed by atoms with Crippen LogP contribution in [0.15, 0.2) is 0 Å². The maximum absolute atomic E-state index is 5.80. The smallest absolute Gasteiger partial charge is 0.0828 e. The molecule has 2 rings (SSSR count). The summed E-state index contributed by atoms with van der Waals surface area (Å²) in [6, 6.07) is 0.891. The molecule has 108 valence electrons. The molecule has 0 saturated carbocycles. The Bertz CT molecular complexity index is 429. The molecule has 1 N–H and O–H groups in total. The van der Waals surface area contributed by atoms with Crippen LogP contribution in [0, 0.1) is 13.8 Å². The maximum Gasteiger partial charge on any atom is 0.0828 e. The average Bonchev–Trinajstić information content (AvgIpc) is 2.56. The summed E-state index contributed by atoms with van der Waals surface area (Å²) in [5, 5.41) is 8.33. The lowest BCUT2D eigenvalue weighted by Gasteiger charge is -2.33.